The van der Waals surface area contributed by atoms with Crippen molar-refractivity contribution in [1.82, 2.24) is 5.32 Å². The van der Waals surface area contributed by atoms with E-state index in [-0.39, 0.29) is 0 Å². The summed E-state index contributed by atoms with van der Waals surface area (Å²) >= 11 is 0. The van der Waals surface area contributed by atoms with Crippen molar-refractivity contribution in [2.75, 3.05) is 0 Å². The van der Waals surface area contributed by atoms with Crippen LogP contribution in [0.4, 0.5) is 4.79 Å². The van der Waals surface area contributed by atoms with Crippen molar-refractivity contribution >= 4 is 18.0 Å². The molecule has 0 aromatic rings. The average molecular weight is 289 g/mol. The number of rotatable bonds is 4. The van der Waals surface area contributed by atoms with E-state index in [9.17, 15) is 19.5 Å². The fourth-order valence-corrected chi connectivity index (χ4v) is 1.74. The molecule has 1 amide bonds. The Morgan fingerprint density at radius 2 is 1.40 bits per heavy atom. The van der Waals surface area contributed by atoms with Crippen molar-refractivity contribution < 1.29 is 29.3 Å². The molecule has 116 valence electrons. The highest BCUT2D eigenvalue weighted by Gasteiger charge is 2.43. The highest BCUT2D eigenvalue weighted by Crippen LogP contribution is 2.29. The lowest BCUT2D eigenvalue weighted by Crippen LogP contribution is -2.53. The Morgan fingerprint density at radius 1 is 0.950 bits per heavy atom. The molecule has 0 bridgehead atoms. The number of alkyl carbamates (subject to hydrolysis) is 1. The fourth-order valence-electron chi connectivity index (χ4n) is 1.74. The Hall–Kier alpha value is -1.79. The van der Waals surface area contributed by atoms with E-state index in [1.165, 1.54) is 0 Å². The summed E-state index contributed by atoms with van der Waals surface area (Å²) in [6.07, 6.45) is -0.958. The van der Waals surface area contributed by atoms with Crippen LogP contribution in [0.25, 0.3) is 0 Å². The molecule has 0 fully saturated rings. The fraction of sp³-hybridized carbons (Fsp3) is 0.769. The van der Waals surface area contributed by atoms with Crippen molar-refractivity contribution in [3.63, 3.8) is 0 Å². The third-order valence-electron chi connectivity index (χ3n) is 2.47. The Balaban J connectivity index is 5.20. The van der Waals surface area contributed by atoms with Gasteiger partial charge in [-0.1, -0.05) is 20.8 Å². The number of amides is 1. The molecule has 7 heteroatoms. The number of aliphatic carboxylic acids is 2. The quantitative estimate of drug-likeness (QED) is 0.726. The number of ether oxygens (including phenoxy) is 1. The lowest BCUT2D eigenvalue weighted by atomic mass is 9.76. The summed E-state index contributed by atoms with van der Waals surface area (Å²) in [5.74, 6) is -3.99. The predicted octanol–water partition coefficient (Wildman–Crippen LogP) is 1.71. The largest absolute Gasteiger partial charge is 0.481 e. The highest BCUT2D eigenvalue weighted by atomic mass is 16.6. The standard InChI is InChI=1S/C13H23NO6/c1-12(2,3)7(9(15)16)8(10(17)18)14-11(19)20-13(4,5)6/h7-8H,1-6H3,(H,14,19)(H,15,16)(H,17,18)/t7?,8-/m0/s1. The number of nitrogens with one attached hydrogen (secondary N) is 1. The summed E-state index contributed by atoms with van der Waals surface area (Å²) in [7, 11) is 0. The van der Waals surface area contributed by atoms with Crippen LogP contribution in [0.1, 0.15) is 41.5 Å². The highest BCUT2D eigenvalue weighted by molar-refractivity contribution is 5.86. The van der Waals surface area contributed by atoms with E-state index in [1.54, 1.807) is 41.5 Å². The van der Waals surface area contributed by atoms with Gasteiger partial charge in [-0.15, -0.1) is 0 Å². The minimum absolute atomic E-state index is 0.798. The molecule has 0 radical (unpaired) electrons. The zero-order chi connectivity index (χ0) is 16.3. The lowest BCUT2D eigenvalue weighted by molar-refractivity contribution is -0.155. The Labute approximate surface area is 118 Å². The summed E-state index contributed by atoms with van der Waals surface area (Å²) in [5.41, 5.74) is -1.64. The molecule has 0 aliphatic heterocycles. The van der Waals surface area contributed by atoms with Crippen molar-refractivity contribution in [3.05, 3.63) is 0 Å². The second-order valence-electron chi connectivity index (χ2n) is 6.64. The first-order valence-corrected chi connectivity index (χ1v) is 6.21. The third kappa shape index (κ3) is 5.90. The zero-order valence-electron chi connectivity index (χ0n) is 12.7. The molecule has 0 aliphatic rings. The van der Waals surface area contributed by atoms with Gasteiger partial charge in [-0.2, -0.15) is 0 Å². The minimum Gasteiger partial charge on any atom is -0.481 e. The lowest BCUT2D eigenvalue weighted by Gasteiger charge is -2.32. The van der Waals surface area contributed by atoms with Crippen LogP contribution in [0.2, 0.25) is 0 Å². The van der Waals surface area contributed by atoms with Gasteiger partial charge in [0.05, 0.1) is 5.92 Å². The summed E-state index contributed by atoms with van der Waals surface area (Å²) in [6.45, 7) is 9.66. The molecule has 0 rings (SSSR count). The van der Waals surface area contributed by atoms with Gasteiger partial charge < -0.3 is 20.3 Å². The van der Waals surface area contributed by atoms with Gasteiger partial charge in [0, 0.05) is 0 Å². The molecule has 0 aromatic heterocycles. The van der Waals surface area contributed by atoms with Crippen LogP contribution in [0.15, 0.2) is 0 Å². The van der Waals surface area contributed by atoms with Gasteiger partial charge in [0.15, 0.2) is 0 Å². The molecule has 20 heavy (non-hydrogen) atoms. The van der Waals surface area contributed by atoms with Crippen LogP contribution in [0.5, 0.6) is 0 Å². The first kappa shape index (κ1) is 18.2. The maximum absolute atomic E-state index is 11.6. The number of carbonyl (C=O) groups is 3. The zero-order valence-corrected chi connectivity index (χ0v) is 12.7. The molecule has 0 saturated heterocycles. The molecule has 2 atom stereocenters. The Bertz CT molecular complexity index is 391. The molecule has 0 saturated carbocycles. The molecule has 3 N–H and O–H groups in total. The van der Waals surface area contributed by atoms with Gasteiger partial charge in [0.2, 0.25) is 0 Å². The maximum Gasteiger partial charge on any atom is 0.408 e. The van der Waals surface area contributed by atoms with Gasteiger partial charge in [0.25, 0.3) is 0 Å². The molecule has 7 nitrogen and oxygen atoms in total. The van der Waals surface area contributed by atoms with Gasteiger partial charge >= 0.3 is 18.0 Å². The molecule has 0 spiro atoms. The predicted molar refractivity (Wildman–Crippen MR) is 71.4 cm³/mol. The summed E-state index contributed by atoms with van der Waals surface area (Å²) in [4.78, 5) is 34.2. The molecule has 0 aliphatic carbocycles. The van der Waals surface area contributed by atoms with E-state index < -0.39 is 41.0 Å². The van der Waals surface area contributed by atoms with Crippen LogP contribution < -0.4 is 5.32 Å². The number of hydrogen-bond acceptors (Lipinski definition) is 4. The van der Waals surface area contributed by atoms with E-state index in [1.807, 2.05) is 0 Å². The number of carboxylic acids is 2. The third-order valence-corrected chi connectivity index (χ3v) is 2.47. The number of carboxylic acid groups (broad SMARTS) is 2. The summed E-state index contributed by atoms with van der Waals surface area (Å²) < 4.78 is 4.95. The van der Waals surface area contributed by atoms with E-state index in [0.717, 1.165) is 0 Å². The van der Waals surface area contributed by atoms with Crippen LogP contribution in [-0.2, 0) is 14.3 Å². The van der Waals surface area contributed by atoms with E-state index in [4.69, 9.17) is 9.84 Å². The maximum atomic E-state index is 11.6. The smallest absolute Gasteiger partial charge is 0.408 e. The number of hydrogen-bond donors (Lipinski definition) is 3. The van der Waals surface area contributed by atoms with E-state index >= 15 is 0 Å². The molecule has 0 heterocycles. The molecule has 0 aromatic carbocycles. The van der Waals surface area contributed by atoms with Crippen LogP contribution in [0.3, 0.4) is 0 Å². The topological polar surface area (TPSA) is 113 Å². The van der Waals surface area contributed by atoms with Crippen molar-refractivity contribution in [1.29, 1.82) is 0 Å². The number of carbonyl (C=O) groups excluding carboxylic acids is 1. The second-order valence-corrected chi connectivity index (χ2v) is 6.64. The average Bonchev–Trinajstić information content (AvgIpc) is 2.09. The SMILES string of the molecule is CC(C)(C)OC(=O)N[C@H](C(=O)O)C(C(=O)O)C(C)(C)C. The van der Waals surface area contributed by atoms with E-state index in [2.05, 4.69) is 5.32 Å². The van der Waals surface area contributed by atoms with E-state index in [0.29, 0.717) is 0 Å². The molecule has 1 unspecified atom stereocenters. The summed E-state index contributed by atoms with van der Waals surface area (Å²) in [5, 5.41) is 20.5. The Kier molecular flexibility index (Phi) is 5.56. The van der Waals surface area contributed by atoms with Crippen molar-refractivity contribution in [2.24, 2.45) is 11.3 Å². The van der Waals surface area contributed by atoms with Crippen LogP contribution in [-0.4, -0.2) is 39.9 Å². The van der Waals surface area contributed by atoms with Gasteiger partial charge in [-0.05, 0) is 26.2 Å². The first-order valence-electron chi connectivity index (χ1n) is 6.21. The van der Waals surface area contributed by atoms with Gasteiger partial charge in [-0.25, -0.2) is 9.59 Å². The van der Waals surface area contributed by atoms with Crippen molar-refractivity contribution in [2.45, 2.75) is 53.2 Å². The molecular formula is C13H23NO6. The monoisotopic (exact) mass is 289 g/mol. The normalized spacial score (nSPS) is 15.1. The molecular weight excluding hydrogens is 266 g/mol. The first-order chi connectivity index (χ1) is 8.75. The van der Waals surface area contributed by atoms with Crippen LogP contribution in [0, 0.1) is 11.3 Å². The van der Waals surface area contributed by atoms with Gasteiger partial charge in [0.1, 0.15) is 11.6 Å². The Morgan fingerprint density at radius 3 is 1.65 bits per heavy atom. The summed E-state index contributed by atoms with van der Waals surface area (Å²) in [6, 6.07) is -1.57. The second kappa shape index (κ2) is 6.11. The van der Waals surface area contributed by atoms with Crippen molar-refractivity contribution in [3.8, 4) is 0 Å². The van der Waals surface area contributed by atoms with Crippen LogP contribution >= 0.6 is 0 Å². The van der Waals surface area contributed by atoms with Gasteiger partial charge in [-0.3, -0.25) is 4.79 Å². The minimum atomic E-state index is -1.57.